The molecule has 3 rings (SSSR count). The van der Waals surface area contributed by atoms with E-state index in [4.69, 9.17) is 21.1 Å². The van der Waals surface area contributed by atoms with E-state index in [1.807, 2.05) is 39.0 Å². The number of aromatic nitrogens is 2. The smallest absolute Gasteiger partial charge is 0.410 e. The number of nitrogens with zero attached hydrogens (tertiary/aromatic N) is 4. The highest BCUT2D eigenvalue weighted by molar-refractivity contribution is 6.29. The molecule has 0 aliphatic carbocycles. The number of hydrogen-bond acceptors (Lipinski definition) is 6. The largest absolute Gasteiger partial charge is 0.497 e. The van der Waals surface area contributed by atoms with Crippen LogP contribution in [0.25, 0.3) is 11.3 Å². The Morgan fingerprint density at radius 1 is 1.14 bits per heavy atom. The molecule has 0 radical (unpaired) electrons. The zero-order valence-electron chi connectivity index (χ0n) is 16.6. The highest BCUT2D eigenvalue weighted by Crippen LogP contribution is 2.27. The number of anilines is 1. The van der Waals surface area contributed by atoms with Crippen molar-refractivity contribution < 1.29 is 14.3 Å². The van der Waals surface area contributed by atoms with Gasteiger partial charge in [-0.2, -0.15) is 0 Å². The van der Waals surface area contributed by atoms with Crippen molar-refractivity contribution >= 4 is 23.5 Å². The molecule has 2 aromatic heterocycles. The summed E-state index contributed by atoms with van der Waals surface area (Å²) in [6.45, 7) is 8.15. The number of carbonyl (C=O) groups excluding carboxylic acids is 1. The number of methoxy groups -OCH3 is 1. The second kappa shape index (κ2) is 8.22. The maximum absolute atomic E-state index is 12.2. The van der Waals surface area contributed by atoms with Crippen LogP contribution in [0.4, 0.5) is 10.6 Å². The number of piperazine rings is 1. The summed E-state index contributed by atoms with van der Waals surface area (Å²) in [7, 11) is 1.59. The molecule has 0 saturated carbocycles. The Morgan fingerprint density at radius 2 is 1.86 bits per heavy atom. The molecule has 1 aliphatic rings. The van der Waals surface area contributed by atoms with E-state index in [9.17, 15) is 4.79 Å². The molecule has 3 heterocycles. The molecule has 1 amide bonds. The number of ether oxygens (including phenoxy) is 2. The third-order valence-corrected chi connectivity index (χ3v) is 4.49. The number of pyridine rings is 2. The van der Waals surface area contributed by atoms with Gasteiger partial charge in [0.15, 0.2) is 0 Å². The van der Waals surface area contributed by atoms with Gasteiger partial charge in [-0.25, -0.2) is 14.8 Å². The molecule has 28 heavy (non-hydrogen) atoms. The topological polar surface area (TPSA) is 67.8 Å². The molecule has 8 heteroatoms. The first kappa shape index (κ1) is 20.2. The standard InChI is InChI=1S/C20H25ClN4O3/c1-20(2,3)28-19(26)25-9-7-24(8-10-25)18-11-14(5-6-22-18)16-12-15(27-4)13-17(21)23-16/h5-6,11-13H,7-10H2,1-4H3. The number of rotatable bonds is 3. The first-order valence-corrected chi connectivity index (χ1v) is 9.54. The van der Waals surface area contributed by atoms with Crippen LogP contribution in [0.15, 0.2) is 30.5 Å². The molecule has 1 aliphatic heterocycles. The third kappa shape index (κ3) is 5.04. The normalized spacial score (nSPS) is 14.8. The van der Waals surface area contributed by atoms with E-state index in [1.165, 1.54) is 0 Å². The molecule has 0 N–H and O–H groups in total. The van der Waals surface area contributed by atoms with Crippen LogP contribution in [0.1, 0.15) is 20.8 Å². The fourth-order valence-electron chi connectivity index (χ4n) is 2.93. The maximum atomic E-state index is 12.2. The van der Waals surface area contributed by atoms with E-state index < -0.39 is 5.60 Å². The van der Waals surface area contributed by atoms with Crippen LogP contribution in [0.2, 0.25) is 5.15 Å². The van der Waals surface area contributed by atoms with Crippen molar-refractivity contribution in [2.75, 3.05) is 38.2 Å². The van der Waals surface area contributed by atoms with Gasteiger partial charge >= 0.3 is 6.09 Å². The minimum Gasteiger partial charge on any atom is -0.497 e. The molecule has 0 aromatic carbocycles. The van der Waals surface area contributed by atoms with Gasteiger partial charge in [-0.05, 0) is 32.9 Å². The Balaban J connectivity index is 1.70. The van der Waals surface area contributed by atoms with Gasteiger partial charge < -0.3 is 19.3 Å². The van der Waals surface area contributed by atoms with Gasteiger partial charge in [0, 0.05) is 50.1 Å². The van der Waals surface area contributed by atoms with E-state index in [1.54, 1.807) is 24.3 Å². The number of hydrogen-bond donors (Lipinski definition) is 0. The van der Waals surface area contributed by atoms with Crippen LogP contribution in [-0.4, -0.2) is 59.9 Å². The van der Waals surface area contributed by atoms with E-state index in [0.717, 1.165) is 17.1 Å². The van der Waals surface area contributed by atoms with Crippen LogP contribution < -0.4 is 9.64 Å². The Bertz CT molecular complexity index is 846. The van der Waals surface area contributed by atoms with Crippen molar-refractivity contribution in [3.05, 3.63) is 35.6 Å². The Hall–Kier alpha value is -2.54. The van der Waals surface area contributed by atoms with Crippen LogP contribution in [0, 0.1) is 0 Å². The van der Waals surface area contributed by atoms with Crippen molar-refractivity contribution in [3.63, 3.8) is 0 Å². The molecule has 2 aromatic rings. The average molecular weight is 405 g/mol. The van der Waals surface area contributed by atoms with Gasteiger partial charge in [-0.3, -0.25) is 0 Å². The van der Waals surface area contributed by atoms with Crippen molar-refractivity contribution in [1.82, 2.24) is 14.9 Å². The van der Waals surface area contributed by atoms with Crippen LogP contribution in [-0.2, 0) is 4.74 Å². The molecule has 1 saturated heterocycles. The first-order chi connectivity index (χ1) is 13.2. The van der Waals surface area contributed by atoms with Gasteiger partial charge in [-0.15, -0.1) is 0 Å². The minimum absolute atomic E-state index is 0.274. The highest BCUT2D eigenvalue weighted by atomic mass is 35.5. The molecule has 150 valence electrons. The molecule has 0 spiro atoms. The summed E-state index contributed by atoms with van der Waals surface area (Å²) in [5, 5.41) is 0.374. The zero-order chi connectivity index (χ0) is 20.3. The summed E-state index contributed by atoms with van der Waals surface area (Å²) in [4.78, 5) is 25.0. The second-order valence-electron chi connectivity index (χ2n) is 7.57. The molecule has 0 atom stereocenters. The first-order valence-electron chi connectivity index (χ1n) is 9.16. The minimum atomic E-state index is -0.491. The third-order valence-electron chi connectivity index (χ3n) is 4.30. The van der Waals surface area contributed by atoms with E-state index in [0.29, 0.717) is 37.1 Å². The quantitative estimate of drug-likeness (QED) is 0.723. The molecule has 0 bridgehead atoms. The summed E-state index contributed by atoms with van der Waals surface area (Å²) < 4.78 is 10.7. The number of amides is 1. The maximum Gasteiger partial charge on any atom is 0.410 e. The molecular formula is C20H25ClN4O3. The van der Waals surface area contributed by atoms with Gasteiger partial charge in [0.2, 0.25) is 0 Å². The predicted octanol–water partition coefficient (Wildman–Crippen LogP) is 3.86. The van der Waals surface area contributed by atoms with Crippen molar-refractivity contribution in [2.45, 2.75) is 26.4 Å². The molecule has 7 nitrogen and oxygen atoms in total. The van der Waals surface area contributed by atoms with Crippen molar-refractivity contribution in [3.8, 4) is 17.0 Å². The van der Waals surface area contributed by atoms with Crippen LogP contribution >= 0.6 is 11.6 Å². The second-order valence-corrected chi connectivity index (χ2v) is 7.96. The summed E-state index contributed by atoms with van der Waals surface area (Å²) in [6.07, 6.45) is 1.48. The van der Waals surface area contributed by atoms with Crippen molar-refractivity contribution in [1.29, 1.82) is 0 Å². The van der Waals surface area contributed by atoms with Gasteiger partial charge in [0.05, 0.1) is 12.8 Å². The SMILES string of the molecule is COc1cc(Cl)nc(-c2ccnc(N3CCN(C(=O)OC(C)(C)C)CC3)c2)c1. The van der Waals surface area contributed by atoms with E-state index in [2.05, 4.69) is 14.9 Å². The average Bonchev–Trinajstić information content (AvgIpc) is 2.66. The lowest BCUT2D eigenvalue weighted by molar-refractivity contribution is 0.0240. The van der Waals surface area contributed by atoms with E-state index in [-0.39, 0.29) is 6.09 Å². The highest BCUT2D eigenvalue weighted by Gasteiger charge is 2.26. The van der Waals surface area contributed by atoms with E-state index >= 15 is 0 Å². The summed E-state index contributed by atoms with van der Waals surface area (Å²) in [5.74, 6) is 1.49. The number of halogens is 1. The summed E-state index contributed by atoms with van der Waals surface area (Å²) >= 11 is 6.09. The summed E-state index contributed by atoms with van der Waals surface area (Å²) in [6, 6.07) is 7.37. The Labute approximate surface area is 170 Å². The van der Waals surface area contributed by atoms with Crippen LogP contribution in [0.3, 0.4) is 0 Å². The lowest BCUT2D eigenvalue weighted by Gasteiger charge is -2.36. The lowest BCUT2D eigenvalue weighted by atomic mass is 10.1. The van der Waals surface area contributed by atoms with Gasteiger partial charge in [-0.1, -0.05) is 11.6 Å². The number of carbonyl (C=O) groups is 1. The molecule has 1 fully saturated rings. The lowest BCUT2D eigenvalue weighted by Crippen LogP contribution is -2.50. The fraction of sp³-hybridized carbons (Fsp3) is 0.450. The Morgan fingerprint density at radius 3 is 2.50 bits per heavy atom. The van der Waals surface area contributed by atoms with Gasteiger partial charge in [0.1, 0.15) is 22.3 Å². The monoisotopic (exact) mass is 404 g/mol. The molecule has 0 unspecified atom stereocenters. The summed E-state index contributed by atoms with van der Waals surface area (Å²) in [5.41, 5.74) is 1.13. The molecular weight excluding hydrogens is 380 g/mol. The van der Waals surface area contributed by atoms with Gasteiger partial charge in [0.25, 0.3) is 0 Å². The Kier molecular flexibility index (Phi) is 5.93. The predicted molar refractivity (Wildman–Crippen MR) is 109 cm³/mol. The fourth-order valence-corrected chi connectivity index (χ4v) is 3.13. The zero-order valence-corrected chi connectivity index (χ0v) is 17.4. The van der Waals surface area contributed by atoms with Crippen LogP contribution in [0.5, 0.6) is 5.75 Å². The van der Waals surface area contributed by atoms with Crippen molar-refractivity contribution in [2.24, 2.45) is 0 Å².